The smallest absolute Gasteiger partial charge is 0.0747 e. The van der Waals surface area contributed by atoms with Gasteiger partial charge in [0.15, 0.2) is 0 Å². The van der Waals surface area contributed by atoms with Crippen LogP contribution in [0, 0.1) is 0 Å². The van der Waals surface area contributed by atoms with Gasteiger partial charge in [0.05, 0.1) is 11.1 Å². The van der Waals surface area contributed by atoms with Crippen molar-refractivity contribution in [3.63, 3.8) is 0 Å². The van der Waals surface area contributed by atoms with Gasteiger partial charge in [-0.2, -0.15) is 0 Å². The van der Waals surface area contributed by atoms with Gasteiger partial charge in [-0.3, -0.25) is 4.98 Å². The fraction of sp³-hybridized carbons (Fsp3) is 0.0667. The van der Waals surface area contributed by atoms with Crippen molar-refractivity contribution in [2.24, 2.45) is 4.99 Å². The summed E-state index contributed by atoms with van der Waals surface area (Å²) in [7, 11) is 0. The van der Waals surface area contributed by atoms with Crippen molar-refractivity contribution in [2.45, 2.75) is 6.42 Å². The molecular formula is C15H10N2. The second kappa shape index (κ2) is 3.14. The molecule has 2 heterocycles. The van der Waals surface area contributed by atoms with Gasteiger partial charge in [0.25, 0.3) is 0 Å². The third-order valence-corrected chi connectivity index (χ3v) is 3.37. The zero-order valence-electron chi connectivity index (χ0n) is 9.22. The third-order valence-electron chi connectivity index (χ3n) is 3.37. The zero-order chi connectivity index (χ0) is 11.2. The van der Waals surface area contributed by atoms with Crippen LogP contribution in [-0.4, -0.2) is 4.98 Å². The van der Waals surface area contributed by atoms with E-state index in [4.69, 9.17) is 0 Å². The van der Waals surface area contributed by atoms with Gasteiger partial charge in [-0.1, -0.05) is 30.3 Å². The molecule has 0 fully saturated rings. The number of hydrogen-bond acceptors (Lipinski definition) is 2. The molecular weight excluding hydrogens is 208 g/mol. The van der Waals surface area contributed by atoms with Crippen LogP contribution in [0.3, 0.4) is 0 Å². The lowest BCUT2D eigenvalue weighted by atomic mass is 9.90. The number of aromatic nitrogens is 1. The van der Waals surface area contributed by atoms with Gasteiger partial charge in [-0.05, 0) is 23.6 Å². The predicted octanol–water partition coefficient (Wildman–Crippen LogP) is 1.35. The summed E-state index contributed by atoms with van der Waals surface area (Å²) in [6.07, 6.45) is 6.89. The van der Waals surface area contributed by atoms with Crippen molar-refractivity contribution in [3.8, 4) is 0 Å². The average Bonchev–Trinajstić information content (AvgIpc) is 2.77. The Morgan fingerprint density at radius 1 is 1.06 bits per heavy atom. The Morgan fingerprint density at radius 3 is 3.00 bits per heavy atom. The Kier molecular flexibility index (Phi) is 1.64. The SMILES string of the molecule is C1=C2N=c3ccncc3=C2c2ccccc2C1. The highest BCUT2D eigenvalue weighted by Crippen LogP contribution is 2.30. The summed E-state index contributed by atoms with van der Waals surface area (Å²) in [5.41, 5.74) is 5.03. The Morgan fingerprint density at radius 2 is 2.00 bits per heavy atom. The molecule has 0 atom stereocenters. The van der Waals surface area contributed by atoms with E-state index in [1.165, 1.54) is 16.7 Å². The standard InChI is InChI=1S/C15H10N2/c1-2-4-11-10(3-1)5-6-14-15(11)12-9-16-8-7-13(12)17-14/h1-4,6-9H,5H2. The van der Waals surface area contributed by atoms with E-state index in [0.717, 1.165) is 22.7 Å². The van der Waals surface area contributed by atoms with E-state index in [1.807, 2.05) is 12.3 Å². The molecule has 1 aromatic carbocycles. The van der Waals surface area contributed by atoms with Gasteiger partial charge in [0, 0.05) is 23.2 Å². The van der Waals surface area contributed by atoms with Gasteiger partial charge in [-0.15, -0.1) is 0 Å². The first-order valence-electron chi connectivity index (χ1n) is 5.75. The van der Waals surface area contributed by atoms with Crippen molar-refractivity contribution in [3.05, 3.63) is 76.2 Å². The summed E-state index contributed by atoms with van der Waals surface area (Å²) in [5, 5.41) is 2.20. The van der Waals surface area contributed by atoms with E-state index in [0.29, 0.717) is 0 Å². The third kappa shape index (κ3) is 1.15. The Balaban J connectivity index is 2.19. The molecule has 0 spiro atoms. The Bertz CT molecular complexity index is 770. The van der Waals surface area contributed by atoms with Crippen molar-refractivity contribution in [2.75, 3.05) is 0 Å². The van der Waals surface area contributed by atoms with Gasteiger partial charge in [-0.25, -0.2) is 4.99 Å². The highest BCUT2D eigenvalue weighted by atomic mass is 14.8. The lowest BCUT2D eigenvalue weighted by Gasteiger charge is -2.15. The summed E-state index contributed by atoms with van der Waals surface area (Å²) in [5.74, 6) is 0. The van der Waals surface area contributed by atoms with Crippen LogP contribution in [0.2, 0.25) is 0 Å². The van der Waals surface area contributed by atoms with E-state index in [1.54, 1.807) is 6.20 Å². The second-order valence-electron chi connectivity index (χ2n) is 4.33. The number of nitrogens with zero attached hydrogens (tertiary/aromatic N) is 2. The number of allylic oxidation sites excluding steroid dienone is 2. The molecule has 0 saturated heterocycles. The first-order chi connectivity index (χ1) is 8.43. The number of pyridine rings is 1. The minimum Gasteiger partial charge on any atom is -0.264 e. The lowest BCUT2D eigenvalue weighted by Crippen LogP contribution is -2.23. The Hall–Kier alpha value is -2.22. The summed E-state index contributed by atoms with van der Waals surface area (Å²) in [6, 6.07) is 10.5. The molecule has 1 aliphatic heterocycles. The van der Waals surface area contributed by atoms with E-state index in [9.17, 15) is 0 Å². The summed E-state index contributed by atoms with van der Waals surface area (Å²) < 4.78 is 0. The quantitative estimate of drug-likeness (QED) is 0.655. The molecule has 4 rings (SSSR count). The highest BCUT2D eigenvalue weighted by Gasteiger charge is 2.20. The minimum atomic E-state index is 0.972. The van der Waals surface area contributed by atoms with Crippen LogP contribution >= 0.6 is 0 Å². The molecule has 2 aromatic rings. The van der Waals surface area contributed by atoms with Crippen molar-refractivity contribution in [1.82, 2.24) is 4.98 Å². The summed E-state index contributed by atoms with van der Waals surface area (Å²) in [4.78, 5) is 8.87. The van der Waals surface area contributed by atoms with Crippen LogP contribution in [0.4, 0.5) is 0 Å². The van der Waals surface area contributed by atoms with Crippen LogP contribution in [-0.2, 0) is 6.42 Å². The fourth-order valence-electron chi connectivity index (χ4n) is 2.58. The topological polar surface area (TPSA) is 25.2 Å². The lowest BCUT2D eigenvalue weighted by molar-refractivity contribution is 1.17. The molecule has 2 nitrogen and oxygen atoms in total. The van der Waals surface area contributed by atoms with Gasteiger partial charge in [0.1, 0.15) is 0 Å². The molecule has 1 aliphatic carbocycles. The maximum Gasteiger partial charge on any atom is 0.0747 e. The summed E-state index contributed by atoms with van der Waals surface area (Å²) in [6.45, 7) is 0. The number of hydrogen-bond donors (Lipinski definition) is 0. The number of rotatable bonds is 0. The van der Waals surface area contributed by atoms with Crippen molar-refractivity contribution in [1.29, 1.82) is 0 Å². The average molecular weight is 218 g/mol. The number of fused-ring (bicyclic) bond motifs is 4. The normalized spacial score (nSPS) is 15.5. The maximum atomic E-state index is 4.66. The molecule has 1 aromatic heterocycles. The maximum absolute atomic E-state index is 4.66. The van der Waals surface area contributed by atoms with Crippen molar-refractivity contribution >= 4 is 5.57 Å². The molecule has 2 aliphatic rings. The summed E-state index contributed by atoms with van der Waals surface area (Å²) >= 11 is 0. The monoisotopic (exact) mass is 218 g/mol. The van der Waals surface area contributed by atoms with Crippen LogP contribution < -0.4 is 10.6 Å². The molecule has 0 bridgehead atoms. The minimum absolute atomic E-state index is 0.972. The first kappa shape index (κ1) is 8.88. The van der Waals surface area contributed by atoms with Crippen LogP contribution in [0.5, 0.6) is 0 Å². The highest BCUT2D eigenvalue weighted by molar-refractivity contribution is 5.83. The van der Waals surface area contributed by atoms with E-state index in [-0.39, 0.29) is 0 Å². The number of benzene rings is 1. The molecule has 0 unspecified atom stereocenters. The zero-order valence-corrected chi connectivity index (χ0v) is 9.22. The van der Waals surface area contributed by atoms with E-state index in [2.05, 4.69) is 40.3 Å². The fourth-order valence-corrected chi connectivity index (χ4v) is 2.58. The largest absolute Gasteiger partial charge is 0.264 e. The van der Waals surface area contributed by atoms with Crippen LogP contribution in [0.1, 0.15) is 11.1 Å². The van der Waals surface area contributed by atoms with Gasteiger partial charge in [0.2, 0.25) is 0 Å². The van der Waals surface area contributed by atoms with Gasteiger partial charge >= 0.3 is 0 Å². The molecule has 0 saturated carbocycles. The Labute approximate surface area is 98.7 Å². The molecule has 0 N–H and O–H groups in total. The van der Waals surface area contributed by atoms with E-state index < -0.39 is 0 Å². The first-order valence-corrected chi connectivity index (χ1v) is 5.75. The predicted molar refractivity (Wildman–Crippen MR) is 65.8 cm³/mol. The van der Waals surface area contributed by atoms with Gasteiger partial charge < -0.3 is 0 Å². The van der Waals surface area contributed by atoms with E-state index >= 15 is 0 Å². The second-order valence-corrected chi connectivity index (χ2v) is 4.33. The molecule has 0 amide bonds. The molecule has 17 heavy (non-hydrogen) atoms. The van der Waals surface area contributed by atoms with Crippen molar-refractivity contribution < 1.29 is 0 Å². The molecule has 0 radical (unpaired) electrons. The molecule has 2 heteroatoms. The van der Waals surface area contributed by atoms with Crippen LogP contribution in [0.25, 0.3) is 5.57 Å². The molecule has 80 valence electrons. The van der Waals surface area contributed by atoms with Crippen LogP contribution in [0.15, 0.2) is 59.5 Å².